The Labute approximate surface area is 110 Å². The third-order valence-electron chi connectivity index (χ3n) is 2.62. The van der Waals surface area contributed by atoms with Crippen molar-refractivity contribution in [3.8, 4) is 0 Å². The molecule has 0 bridgehead atoms. The van der Waals surface area contributed by atoms with Gasteiger partial charge in [0.1, 0.15) is 0 Å². The summed E-state index contributed by atoms with van der Waals surface area (Å²) in [6.07, 6.45) is 3.18. The average Bonchev–Trinajstić information content (AvgIpc) is 2.26. The molecule has 0 N–H and O–H groups in total. The Kier molecular flexibility index (Phi) is 3.93. The Morgan fingerprint density at radius 3 is 2.62 bits per heavy atom. The molecule has 1 saturated heterocycles. The molecule has 0 aliphatic carbocycles. The predicted molar refractivity (Wildman–Crippen MR) is 73.0 cm³/mol. The number of benzene rings is 1. The molecule has 88 valence electrons. The van der Waals surface area contributed by atoms with Crippen molar-refractivity contribution in [1.29, 1.82) is 0 Å². The molecule has 0 radical (unpaired) electrons. The molecule has 0 unspecified atom stereocenters. The van der Waals surface area contributed by atoms with Crippen LogP contribution in [-0.2, 0) is 9.73 Å². The lowest BCUT2D eigenvalue weighted by Crippen LogP contribution is -2.15. The van der Waals surface area contributed by atoms with Crippen LogP contribution in [-0.4, -0.2) is 15.7 Å². The van der Waals surface area contributed by atoms with E-state index in [1.54, 1.807) is 0 Å². The summed E-state index contributed by atoms with van der Waals surface area (Å²) >= 11 is 9.45. The van der Waals surface area contributed by atoms with Crippen molar-refractivity contribution in [2.45, 2.75) is 19.3 Å². The summed E-state index contributed by atoms with van der Waals surface area (Å²) < 4.78 is 17.6. The summed E-state index contributed by atoms with van der Waals surface area (Å²) in [7, 11) is -2.06. The second-order valence-electron chi connectivity index (χ2n) is 3.91. The predicted octanol–water partition coefficient (Wildman–Crippen LogP) is 4.39. The first-order valence-corrected chi connectivity index (χ1v) is 8.30. The van der Waals surface area contributed by atoms with Gasteiger partial charge in [0.25, 0.3) is 0 Å². The second kappa shape index (κ2) is 5.07. The lowest BCUT2D eigenvalue weighted by atomic mass is 10.3. The Hall–Kier alpha value is -0.0600. The summed E-state index contributed by atoms with van der Waals surface area (Å²) in [6.45, 7) is 0. The fourth-order valence-electron chi connectivity index (χ4n) is 1.77. The molecule has 0 amide bonds. The molecule has 0 aromatic heterocycles. The van der Waals surface area contributed by atoms with Crippen molar-refractivity contribution in [2.75, 3.05) is 11.5 Å². The fourth-order valence-corrected chi connectivity index (χ4v) is 4.55. The quantitative estimate of drug-likeness (QED) is 0.754. The van der Waals surface area contributed by atoms with Gasteiger partial charge in [0.05, 0.1) is 20.4 Å². The van der Waals surface area contributed by atoms with E-state index in [1.807, 2.05) is 18.2 Å². The van der Waals surface area contributed by atoms with E-state index >= 15 is 0 Å². The molecule has 1 heterocycles. The third kappa shape index (κ3) is 2.79. The van der Waals surface area contributed by atoms with Crippen LogP contribution in [0.15, 0.2) is 27.0 Å². The topological polar surface area (TPSA) is 29.4 Å². The number of hydrogen-bond donors (Lipinski definition) is 0. The maximum atomic E-state index is 12.4. The Morgan fingerprint density at radius 1 is 1.25 bits per heavy atom. The Bertz CT molecular complexity index is 497. The van der Waals surface area contributed by atoms with Crippen molar-refractivity contribution in [2.24, 2.45) is 4.36 Å². The van der Waals surface area contributed by atoms with Crippen LogP contribution in [0.5, 0.6) is 0 Å². The zero-order valence-electron chi connectivity index (χ0n) is 8.79. The first-order chi connectivity index (χ1) is 7.61. The molecule has 0 atom stereocenters. The van der Waals surface area contributed by atoms with Gasteiger partial charge in [-0.15, -0.1) is 0 Å². The SMILES string of the molecule is O=S1(=Nc2cccc(Br)c2Cl)CCCCC1. The lowest BCUT2D eigenvalue weighted by Gasteiger charge is -2.15. The number of nitrogens with zero attached hydrogens (tertiary/aromatic N) is 1. The number of rotatable bonds is 1. The molecule has 16 heavy (non-hydrogen) atoms. The molecule has 1 aromatic rings. The van der Waals surface area contributed by atoms with Gasteiger partial charge in [-0.1, -0.05) is 24.1 Å². The van der Waals surface area contributed by atoms with Crippen LogP contribution in [0.25, 0.3) is 0 Å². The molecule has 2 rings (SSSR count). The summed E-state index contributed by atoms with van der Waals surface area (Å²) in [5.74, 6) is 1.41. The number of halogens is 2. The van der Waals surface area contributed by atoms with Crippen molar-refractivity contribution in [3.05, 3.63) is 27.7 Å². The molecular formula is C11H13BrClNOS. The summed E-state index contributed by atoms with van der Waals surface area (Å²) in [4.78, 5) is 0. The van der Waals surface area contributed by atoms with Crippen molar-refractivity contribution in [1.82, 2.24) is 0 Å². The van der Waals surface area contributed by atoms with Gasteiger partial charge in [-0.05, 0) is 40.9 Å². The monoisotopic (exact) mass is 321 g/mol. The molecule has 0 spiro atoms. The first-order valence-electron chi connectivity index (χ1n) is 5.27. The van der Waals surface area contributed by atoms with Crippen molar-refractivity contribution < 1.29 is 4.21 Å². The number of hydrogen-bond acceptors (Lipinski definition) is 2. The van der Waals surface area contributed by atoms with E-state index < -0.39 is 9.73 Å². The van der Waals surface area contributed by atoms with Gasteiger partial charge in [-0.25, -0.2) is 4.21 Å². The van der Waals surface area contributed by atoms with Crippen LogP contribution in [0.1, 0.15) is 19.3 Å². The van der Waals surface area contributed by atoms with E-state index in [9.17, 15) is 4.21 Å². The van der Waals surface area contributed by atoms with Crippen LogP contribution in [0.3, 0.4) is 0 Å². The fraction of sp³-hybridized carbons (Fsp3) is 0.455. The highest BCUT2D eigenvalue weighted by Crippen LogP contribution is 2.33. The lowest BCUT2D eigenvalue weighted by molar-refractivity contribution is 0.650. The van der Waals surface area contributed by atoms with E-state index in [-0.39, 0.29) is 0 Å². The molecule has 1 aliphatic rings. The minimum Gasteiger partial charge on any atom is -0.249 e. The van der Waals surface area contributed by atoms with Crippen LogP contribution in [0.4, 0.5) is 5.69 Å². The second-order valence-corrected chi connectivity index (χ2v) is 7.68. The Balaban J connectivity index is 2.42. The smallest absolute Gasteiger partial charge is 0.0927 e. The van der Waals surface area contributed by atoms with Gasteiger partial charge in [-0.2, -0.15) is 4.36 Å². The molecule has 1 aromatic carbocycles. The van der Waals surface area contributed by atoms with Crippen LogP contribution in [0, 0.1) is 0 Å². The maximum absolute atomic E-state index is 12.4. The normalized spacial score (nSPS) is 19.4. The Morgan fingerprint density at radius 2 is 1.94 bits per heavy atom. The molecule has 1 fully saturated rings. The van der Waals surface area contributed by atoms with Crippen LogP contribution >= 0.6 is 27.5 Å². The van der Waals surface area contributed by atoms with E-state index in [4.69, 9.17) is 11.6 Å². The van der Waals surface area contributed by atoms with E-state index in [2.05, 4.69) is 20.3 Å². The van der Waals surface area contributed by atoms with Gasteiger partial charge < -0.3 is 0 Å². The molecule has 1 aliphatic heterocycles. The highest BCUT2D eigenvalue weighted by molar-refractivity contribution is 9.10. The largest absolute Gasteiger partial charge is 0.249 e. The maximum Gasteiger partial charge on any atom is 0.0927 e. The summed E-state index contributed by atoms with van der Waals surface area (Å²) in [5.41, 5.74) is 0.642. The average molecular weight is 323 g/mol. The van der Waals surface area contributed by atoms with Gasteiger partial charge in [0.2, 0.25) is 0 Å². The first kappa shape index (κ1) is 12.4. The van der Waals surface area contributed by atoms with Crippen LogP contribution in [0.2, 0.25) is 5.02 Å². The molecule has 5 heteroatoms. The standard InChI is InChI=1S/C11H13BrClNOS/c12-9-5-4-6-10(11(9)13)14-16(15)7-2-1-3-8-16/h4-6H,1-3,7-8H2. The van der Waals surface area contributed by atoms with E-state index in [0.717, 1.165) is 17.3 Å². The van der Waals surface area contributed by atoms with Crippen molar-refractivity contribution >= 4 is 42.9 Å². The minimum atomic E-state index is -2.06. The van der Waals surface area contributed by atoms with E-state index in [1.165, 1.54) is 6.42 Å². The highest BCUT2D eigenvalue weighted by atomic mass is 79.9. The van der Waals surface area contributed by atoms with Crippen LogP contribution < -0.4 is 0 Å². The molecule has 2 nitrogen and oxygen atoms in total. The zero-order valence-corrected chi connectivity index (χ0v) is 11.9. The van der Waals surface area contributed by atoms with Gasteiger partial charge in [-0.3, -0.25) is 0 Å². The van der Waals surface area contributed by atoms with Crippen molar-refractivity contribution in [3.63, 3.8) is 0 Å². The molecular weight excluding hydrogens is 310 g/mol. The minimum absolute atomic E-state index is 0.552. The van der Waals surface area contributed by atoms with E-state index in [0.29, 0.717) is 22.2 Å². The zero-order chi connectivity index (χ0) is 11.6. The van der Waals surface area contributed by atoms with Gasteiger partial charge >= 0.3 is 0 Å². The highest BCUT2D eigenvalue weighted by Gasteiger charge is 2.15. The van der Waals surface area contributed by atoms with Gasteiger partial charge in [0.15, 0.2) is 0 Å². The summed E-state index contributed by atoms with van der Waals surface area (Å²) in [5, 5.41) is 0.552. The third-order valence-corrected chi connectivity index (χ3v) is 6.29. The molecule has 0 saturated carbocycles. The van der Waals surface area contributed by atoms with Gasteiger partial charge in [0, 0.05) is 16.0 Å². The summed E-state index contributed by atoms with van der Waals surface area (Å²) in [6, 6.07) is 5.53.